The average Bonchev–Trinajstić information content (AvgIpc) is 2.95. The van der Waals surface area contributed by atoms with Crippen LogP contribution >= 0.6 is 11.6 Å². The fourth-order valence-corrected chi connectivity index (χ4v) is 2.25. The van der Waals surface area contributed by atoms with Crippen molar-refractivity contribution in [1.82, 2.24) is 9.97 Å². The van der Waals surface area contributed by atoms with Gasteiger partial charge in [-0.3, -0.25) is 9.78 Å². The minimum absolute atomic E-state index is 0.241. The minimum atomic E-state index is -0.241. The molecule has 3 aromatic rings. The van der Waals surface area contributed by atoms with Crippen LogP contribution in [0.5, 0.6) is 0 Å². The summed E-state index contributed by atoms with van der Waals surface area (Å²) in [4.78, 5) is 18.0. The number of hydrogen-bond donors (Lipinski definition) is 2. The van der Waals surface area contributed by atoms with Gasteiger partial charge in [-0.1, -0.05) is 23.7 Å². The number of benzene rings is 1. The van der Waals surface area contributed by atoms with Gasteiger partial charge in [0.1, 0.15) is 11.5 Å². The number of anilines is 1. The molecule has 0 spiro atoms. The monoisotopic (exact) mass is 328 g/mol. The number of nitrogens with zero attached hydrogens (tertiary/aromatic N) is 2. The van der Waals surface area contributed by atoms with E-state index in [0.717, 1.165) is 5.56 Å². The second kappa shape index (κ2) is 6.50. The molecule has 23 heavy (non-hydrogen) atoms. The summed E-state index contributed by atoms with van der Waals surface area (Å²) >= 11 is 6.13. The van der Waals surface area contributed by atoms with Gasteiger partial charge >= 0.3 is 0 Å². The summed E-state index contributed by atoms with van der Waals surface area (Å²) in [5, 5.41) is 4.60. The molecule has 0 saturated carbocycles. The van der Waals surface area contributed by atoms with Crippen LogP contribution in [0.1, 0.15) is 11.5 Å². The predicted octanol–water partition coefficient (Wildman–Crippen LogP) is 3.44. The van der Waals surface area contributed by atoms with Crippen molar-refractivity contribution in [2.45, 2.75) is 6.92 Å². The Morgan fingerprint density at radius 1 is 1.30 bits per heavy atom. The van der Waals surface area contributed by atoms with E-state index in [1.807, 2.05) is 24.3 Å². The predicted molar refractivity (Wildman–Crippen MR) is 90.0 cm³/mol. The molecular formula is C16H13ClN4O2. The van der Waals surface area contributed by atoms with E-state index < -0.39 is 0 Å². The van der Waals surface area contributed by atoms with Gasteiger partial charge in [-0.05, 0) is 31.2 Å². The van der Waals surface area contributed by atoms with Crippen LogP contribution in [0.25, 0.3) is 11.3 Å². The van der Waals surface area contributed by atoms with Crippen molar-refractivity contribution < 1.29 is 4.42 Å². The van der Waals surface area contributed by atoms with Crippen molar-refractivity contribution in [3.63, 3.8) is 0 Å². The van der Waals surface area contributed by atoms with Gasteiger partial charge in [-0.25, -0.2) is 10.4 Å². The topological polar surface area (TPSA) is 83.3 Å². The highest BCUT2D eigenvalue weighted by atomic mass is 35.5. The molecule has 0 bridgehead atoms. The second-order valence-corrected chi connectivity index (χ2v) is 5.19. The lowest BCUT2D eigenvalue weighted by Crippen LogP contribution is -2.10. The number of aromatic nitrogens is 2. The van der Waals surface area contributed by atoms with Gasteiger partial charge in [-0.15, -0.1) is 0 Å². The number of hydrogen-bond acceptors (Lipinski definition) is 5. The van der Waals surface area contributed by atoms with E-state index in [2.05, 4.69) is 20.5 Å². The van der Waals surface area contributed by atoms with Crippen molar-refractivity contribution in [1.29, 1.82) is 0 Å². The number of aromatic amines is 1. The third-order valence-corrected chi connectivity index (χ3v) is 3.33. The van der Waals surface area contributed by atoms with Crippen LogP contribution < -0.4 is 11.0 Å². The van der Waals surface area contributed by atoms with Gasteiger partial charge in [-0.2, -0.15) is 5.10 Å². The molecule has 6 nitrogen and oxygen atoms in total. The molecule has 7 heteroatoms. The fourth-order valence-electron chi connectivity index (χ4n) is 2.02. The van der Waals surface area contributed by atoms with Crippen LogP contribution in [0, 0.1) is 6.92 Å². The average molecular weight is 329 g/mol. The van der Waals surface area contributed by atoms with Gasteiger partial charge in [0.2, 0.25) is 5.95 Å². The van der Waals surface area contributed by atoms with E-state index in [4.69, 9.17) is 16.0 Å². The molecule has 0 aliphatic rings. The number of hydrazone groups is 1. The SMILES string of the molecule is Cc1cc(=O)[nH]c(N/N=C/c2ccc(-c3ccccc3Cl)o2)n1. The molecule has 116 valence electrons. The maximum atomic E-state index is 11.3. The number of nitrogens with one attached hydrogen (secondary N) is 2. The molecule has 0 radical (unpaired) electrons. The maximum Gasteiger partial charge on any atom is 0.252 e. The first-order chi connectivity index (χ1) is 11.1. The molecule has 3 rings (SSSR count). The van der Waals surface area contributed by atoms with E-state index >= 15 is 0 Å². The van der Waals surface area contributed by atoms with Crippen LogP contribution in [0.15, 0.2) is 56.8 Å². The molecule has 0 unspecified atom stereocenters. The van der Waals surface area contributed by atoms with Crippen molar-refractivity contribution in [3.8, 4) is 11.3 Å². The highest BCUT2D eigenvalue weighted by Gasteiger charge is 2.06. The summed E-state index contributed by atoms with van der Waals surface area (Å²) < 4.78 is 5.67. The quantitative estimate of drug-likeness (QED) is 0.567. The van der Waals surface area contributed by atoms with Crippen LogP contribution in [0.2, 0.25) is 5.02 Å². The second-order valence-electron chi connectivity index (χ2n) is 4.79. The molecule has 2 N–H and O–H groups in total. The zero-order valence-electron chi connectivity index (χ0n) is 12.2. The van der Waals surface area contributed by atoms with E-state index in [9.17, 15) is 4.79 Å². The Balaban J connectivity index is 1.74. The van der Waals surface area contributed by atoms with Crippen LogP contribution in [0.3, 0.4) is 0 Å². The van der Waals surface area contributed by atoms with Gasteiger partial charge < -0.3 is 4.42 Å². The van der Waals surface area contributed by atoms with Gasteiger partial charge in [0, 0.05) is 17.3 Å². The zero-order chi connectivity index (χ0) is 16.2. The van der Waals surface area contributed by atoms with Gasteiger partial charge in [0.05, 0.1) is 11.2 Å². The van der Waals surface area contributed by atoms with E-state index in [1.165, 1.54) is 12.3 Å². The van der Waals surface area contributed by atoms with E-state index in [-0.39, 0.29) is 11.5 Å². The number of H-pyrrole nitrogens is 1. The summed E-state index contributed by atoms with van der Waals surface area (Å²) in [6.45, 7) is 1.73. The van der Waals surface area contributed by atoms with Gasteiger partial charge in [0.25, 0.3) is 5.56 Å². The lowest BCUT2D eigenvalue weighted by Gasteiger charge is -1.99. The lowest BCUT2D eigenvalue weighted by atomic mass is 10.2. The Morgan fingerprint density at radius 3 is 2.91 bits per heavy atom. The number of furan rings is 1. The Morgan fingerprint density at radius 2 is 2.13 bits per heavy atom. The first-order valence-corrected chi connectivity index (χ1v) is 7.21. The summed E-state index contributed by atoms with van der Waals surface area (Å²) in [7, 11) is 0. The smallest absolute Gasteiger partial charge is 0.252 e. The Labute approximate surface area is 136 Å². The number of halogens is 1. The maximum absolute atomic E-state index is 11.3. The van der Waals surface area contributed by atoms with Gasteiger partial charge in [0.15, 0.2) is 0 Å². The highest BCUT2D eigenvalue weighted by molar-refractivity contribution is 6.33. The third kappa shape index (κ3) is 3.67. The highest BCUT2D eigenvalue weighted by Crippen LogP contribution is 2.28. The third-order valence-electron chi connectivity index (χ3n) is 3.00. The van der Waals surface area contributed by atoms with Crippen LogP contribution in [-0.2, 0) is 0 Å². The van der Waals surface area contributed by atoms with Crippen molar-refractivity contribution in [2.75, 3.05) is 5.43 Å². The molecule has 2 heterocycles. The minimum Gasteiger partial charge on any atom is -0.455 e. The lowest BCUT2D eigenvalue weighted by molar-refractivity contribution is 0.575. The van der Waals surface area contributed by atoms with Crippen LogP contribution in [0.4, 0.5) is 5.95 Å². The normalized spacial score (nSPS) is 11.0. The molecular weight excluding hydrogens is 316 g/mol. The molecule has 0 aliphatic carbocycles. The molecule has 0 aliphatic heterocycles. The summed E-state index contributed by atoms with van der Waals surface area (Å²) in [5.74, 6) is 1.46. The molecule has 0 fully saturated rings. The van der Waals surface area contributed by atoms with Crippen LogP contribution in [-0.4, -0.2) is 16.2 Å². The molecule has 0 atom stereocenters. The zero-order valence-corrected chi connectivity index (χ0v) is 13.0. The fraction of sp³-hybridized carbons (Fsp3) is 0.0625. The van der Waals surface area contributed by atoms with E-state index in [0.29, 0.717) is 22.2 Å². The Kier molecular flexibility index (Phi) is 4.25. The van der Waals surface area contributed by atoms with Crippen molar-refractivity contribution in [3.05, 3.63) is 69.3 Å². The number of rotatable bonds is 4. The standard InChI is InChI=1S/C16H13ClN4O2/c1-10-8-15(22)20-16(19-10)21-18-9-11-6-7-14(23-11)12-4-2-3-5-13(12)17/h2-9H,1H3,(H2,19,20,21,22)/b18-9+. The Bertz CT molecular complexity index is 914. The first-order valence-electron chi connectivity index (χ1n) is 6.83. The molecule has 0 amide bonds. The van der Waals surface area contributed by atoms with Crippen molar-refractivity contribution in [2.24, 2.45) is 5.10 Å². The Hall–Kier alpha value is -2.86. The molecule has 1 aromatic carbocycles. The molecule has 0 saturated heterocycles. The first kappa shape index (κ1) is 15.1. The summed E-state index contributed by atoms with van der Waals surface area (Å²) in [5.41, 5.74) is 3.82. The summed E-state index contributed by atoms with van der Waals surface area (Å²) in [6.07, 6.45) is 1.49. The van der Waals surface area contributed by atoms with Crippen molar-refractivity contribution >= 4 is 23.8 Å². The summed E-state index contributed by atoms with van der Waals surface area (Å²) in [6, 6.07) is 12.4. The largest absolute Gasteiger partial charge is 0.455 e. The molecule has 2 aromatic heterocycles. The van der Waals surface area contributed by atoms with E-state index in [1.54, 1.807) is 19.1 Å². The number of aryl methyl sites for hydroxylation is 1.